The number of hydrogen-bond acceptors (Lipinski definition) is 5. The zero-order chi connectivity index (χ0) is 15.8. The number of nitrogen functional groups attached to an aromatic ring is 1. The highest BCUT2D eigenvalue weighted by Crippen LogP contribution is 2.23. The highest BCUT2D eigenvalue weighted by Gasteiger charge is 2.30. The lowest BCUT2D eigenvalue weighted by Crippen LogP contribution is -2.43. The van der Waals surface area contributed by atoms with Gasteiger partial charge < -0.3 is 5.73 Å². The van der Waals surface area contributed by atoms with Crippen LogP contribution in [-0.4, -0.2) is 34.4 Å². The molecule has 118 valence electrons. The molecular formula is C12H17FN2O4S2. The van der Waals surface area contributed by atoms with Crippen molar-refractivity contribution in [1.29, 1.82) is 0 Å². The van der Waals surface area contributed by atoms with E-state index in [1.54, 1.807) is 0 Å². The number of sulfone groups is 1. The fourth-order valence-corrected chi connectivity index (χ4v) is 5.65. The van der Waals surface area contributed by atoms with E-state index in [4.69, 9.17) is 5.73 Å². The first kappa shape index (κ1) is 16.2. The monoisotopic (exact) mass is 336 g/mol. The maximum Gasteiger partial charge on any atom is 0.241 e. The Bertz CT molecular complexity index is 760. The predicted molar refractivity (Wildman–Crippen MR) is 77.5 cm³/mol. The van der Waals surface area contributed by atoms with Gasteiger partial charge in [-0.3, -0.25) is 0 Å². The van der Waals surface area contributed by atoms with E-state index in [-0.39, 0.29) is 27.7 Å². The summed E-state index contributed by atoms with van der Waals surface area (Å²) in [4.78, 5) is -0.261. The van der Waals surface area contributed by atoms with Crippen molar-refractivity contribution in [2.75, 3.05) is 17.2 Å². The Morgan fingerprint density at radius 1 is 1.38 bits per heavy atom. The zero-order valence-corrected chi connectivity index (χ0v) is 13.1. The van der Waals surface area contributed by atoms with E-state index in [2.05, 4.69) is 4.72 Å². The first-order chi connectivity index (χ1) is 9.61. The van der Waals surface area contributed by atoms with E-state index in [0.717, 1.165) is 12.1 Å². The van der Waals surface area contributed by atoms with Crippen molar-refractivity contribution in [1.82, 2.24) is 4.72 Å². The molecule has 1 unspecified atom stereocenters. The van der Waals surface area contributed by atoms with Gasteiger partial charge in [-0.05, 0) is 31.9 Å². The fourth-order valence-electron chi connectivity index (χ4n) is 2.35. The Kier molecular flexibility index (Phi) is 4.27. The highest BCUT2D eigenvalue weighted by atomic mass is 32.2. The quantitative estimate of drug-likeness (QED) is 0.785. The van der Waals surface area contributed by atoms with E-state index < -0.39 is 31.7 Å². The van der Waals surface area contributed by atoms with E-state index in [9.17, 15) is 21.2 Å². The van der Waals surface area contributed by atoms with Gasteiger partial charge in [0.05, 0.1) is 16.4 Å². The van der Waals surface area contributed by atoms with Crippen LogP contribution in [0.2, 0.25) is 0 Å². The number of nitrogens with two attached hydrogens (primary N) is 1. The molecule has 0 bridgehead atoms. The number of rotatable bonds is 3. The molecule has 1 aliphatic heterocycles. The number of benzene rings is 1. The Labute approximate surface area is 123 Å². The Morgan fingerprint density at radius 2 is 2.05 bits per heavy atom. The summed E-state index contributed by atoms with van der Waals surface area (Å²) in [6, 6.07) is 1.51. The normalized spacial score (nSPS) is 22.1. The number of nitrogens with one attached hydrogen (secondary N) is 1. The van der Waals surface area contributed by atoms with Crippen molar-refractivity contribution >= 4 is 25.5 Å². The van der Waals surface area contributed by atoms with E-state index >= 15 is 0 Å². The van der Waals surface area contributed by atoms with Crippen molar-refractivity contribution in [3.05, 3.63) is 23.5 Å². The van der Waals surface area contributed by atoms with Crippen LogP contribution in [0.4, 0.5) is 10.1 Å². The number of halogens is 1. The fraction of sp³-hybridized carbons (Fsp3) is 0.500. The molecular weight excluding hydrogens is 319 g/mol. The molecule has 0 saturated carbocycles. The molecule has 9 heteroatoms. The average Bonchev–Trinajstić information content (AvgIpc) is 2.31. The molecule has 6 nitrogen and oxygen atoms in total. The van der Waals surface area contributed by atoms with Crippen LogP contribution in [0.25, 0.3) is 0 Å². The molecule has 0 amide bonds. The predicted octanol–water partition coefficient (Wildman–Crippen LogP) is 0.572. The third-order valence-electron chi connectivity index (χ3n) is 3.39. The zero-order valence-electron chi connectivity index (χ0n) is 11.5. The van der Waals surface area contributed by atoms with Gasteiger partial charge in [-0.15, -0.1) is 0 Å². The summed E-state index contributed by atoms with van der Waals surface area (Å²) in [5.41, 5.74) is 5.42. The van der Waals surface area contributed by atoms with E-state index in [1.807, 2.05) is 0 Å². The minimum atomic E-state index is -4.02. The third-order valence-corrected chi connectivity index (χ3v) is 6.86. The lowest BCUT2D eigenvalue weighted by atomic mass is 10.2. The minimum absolute atomic E-state index is 0.00487. The molecule has 1 aromatic carbocycles. The van der Waals surface area contributed by atoms with E-state index in [0.29, 0.717) is 12.8 Å². The Morgan fingerprint density at radius 3 is 2.67 bits per heavy atom. The summed E-state index contributed by atoms with van der Waals surface area (Å²) in [7, 11) is -7.26. The summed E-state index contributed by atoms with van der Waals surface area (Å²) >= 11 is 0. The van der Waals surface area contributed by atoms with Gasteiger partial charge in [0, 0.05) is 17.3 Å². The third kappa shape index (κ3) is 3.72. The number of sulfonamides is 1. The van der Waals surface area contributed by atoms with Crippen LogP contribution in [0.1, 0.15) is 18.4 Å². The van der Waals surface area contributed by atoms with Crippen molar-refractivity contribution in [2.24, 2.45) is 0 Å². The molecule has 1 aromatic rings. The summed E-state index contributed by atoms with van der Waals surface area (Å²) in [6.45, 7) is 1.33. The highest BCUT2D eigenvalue weighted by molar-refractivity contribution is 7.91. The van der Waals surface area contributed by atoms with Crippen LogP contribution in [0.5, 0.6) is 0 Å². The first-order valence-corrected chi connectivity index (χ1v) is 9.69. The lowest BCUT2D eigenvalue weighted by molar-refractivity contribution is 0.516. The molecule has 1 aliphatic rings. The smallest absolute Gasteiger partial charge is 0.241 e. The van der Waals surface area contributed by atoms with Crippen molar-refractivity contribution in [3.8, 4) is 0 Å². The van der Waals surface area contributed by atoms with Crippen LogP contribution in [0.15, 0.2) is 17.0 Å². The SMILES string of the molecule is Cc1c(F)cc(N)cc1S(=O)(=O)NC1CCCS(=O)(=O)C1. The van der Waals surface area contributed by atoms with Crippen LogP contribution in [0, 0.1) is 12.7 Å². The first-order valence-electron chi connectivity index (χ1n) is 6.39. The number of anilines is 1. The summed E-state index contributed by atoms with van der Waals surface area (Å²) < 4.78 is 63.6. The maximum absolute atomic E-state index is 13.6. The summed E-state index contributed by atoms with van der Waals surface area (Å²) in [5, 5.41) is 0. The van der Waals surface area contributed by atoms with Gasteiger partial charge in [0.1, 0.15) is 5.82 Å². The second-order valence-corrected chi connectivity index (χ2v) is 9.11. The van der Waals surface area contributed by atoms with Crippen molar-refractivity contribution < 1.29 is 21.2 Å². The molecule has 2 rings (SSSR count). The van der Waals surface area contributed by atoms with Gasteiger partial charge in [-0.1, -0.05) is 0 Å². The second kappa shape index (κ2) is 5.54. The number of hydrogen-bond donors (Lipinski definition) is 2. The maximum atomic E-state index is 13.6. The van der Waals surface area contributed by atoms with Crippen LogP contribution in [-0.2, 0) is 19.9 Å². The van der Waals surface area contributed by atoms with Gasteiger partial charge in [-0.25, -0.2) is 25.9 Å². The van der Waals surface area contributed by atoms with E-state index in [1.165, 1.54) is 6.92 Å². The molecule has 21 heavy (non-hydrogen) atoms. The summed E-state index contributed by atoms with van der Waals surface area (Å²) in [5.74, 6) is -0.889. The second-order valence-electron chi connectivity index (χ2n) is 5.20. The topological polar surface area (TPSA) is 106 Å². The molecule has 1 saturated heterocycles. The molecule has 1 heterocycles. The van der Waals surface area contributed by atoms with Crippen LogP contribution in [0.3, 0.4) is 0 Å². The lowest BCUT2D eigenvalue weighted by Gasteiger charge is -2.23. The summed E-state index contributed by atoms with van der Waals surface area (Å²) in [6.07, 6.45) is 0.835. The average molecular weight is 336 g/mol. The van der Waals surface area contributed by atoms with Gasteiger partial charge in [-0.2, -0.15) is 0 Å². The molecule has 1 fully saturated rings. The molecule has 0 radical (unpaired) electrons. The van der Waals surface area contributed by atoms with Gasteiger partial charge in [0.25, 0.3) is 0 Å². The molecule has 0 spiro atoms. The molecule has 0 aliphatic carbocycles. The Balaban J connectivity index is 2.31. The standard InChI is InChI=1S/C12H17FN2O4S2/c1-8-11(13)5-9(14)6-12(8)21(18,19)15-10-3-2-4-20(16,17)7-10/h5-6,10,15H,2-4,7,14H2,1H3. The van der Waals surface area contributed by atoms with Gasteiger partial charge in [0.15, 0.2) is 9.84 Å². The van der Waals surface area contributed by atoms with Crippen molar-refractivity contribution in [3.63, 3.8) is 0 Å². The van der Waals surface area contributed by atoms with Gasteiger partial charge >= 0.3 is 0 Å². The molecule has 1 atom stereocenters. The van der Waals surface area contributed by atoms with Crippen LogP contribution < -0.4 is 10.5 Å². The van der Waals surface area contributed by atoms with Crippen molar-refractivity contribution in [2.45, 2.75) is 30.7 Å². The van der Waals surface area contributed by atoms with Crippen LogP contribution >= 0.6 is 0 Å². The molecule has 3 N–H and O–H groups in total. The largest absolute Gasteiger partial charge is 0.399 e. The minimum Gasteiger partial charge on any atom is -0.399 e. The Hall–Kier alpha value is -1.19. The molecule has 0 aromatic heterocycles. The van der Waals surface area contributed by atoms with Gasteiger partial charge in [0.2, 0.25) is 10.0 Å².